The number of ether oxygens (including phenoxy) is 1. The molecule has 3 aromatic heterocycles. The highest BCUT2D eigenvalue weighted by molar-refractivity contribution is 5.86. The topological polar surface area (TPSA) is 112 Å². The van der Waals surface area contributed by atoms with Crippen LogP contribution in [0.25, 0.3) is 10.9 Å². The van der Waals surface area contributed by atoms with Gasteiger partial charge in [0.1, 0.15) is 0 Å². The number of carboxylic acids is 1. The first-order chi connectivity index (χ1) is 16.0. The molecule has 0 unspecified atom stereocenters. The van der Waals surface area contributed by atoms with Crippen LogP contribution in [0.4, 0.5) is 0 Å². The van der Waals surface area contributed by atoms with Crippen LogP contribution in [0.5, 0.6) is 11.8 Å². The van der Waals surface area contributed by atoms with Gasteiger partial charge in [0.2, 0.25) is 11.8 Å². The van der Waals surface area contributed by atoms with Gasteiger partial charge < -0.3 is 19.5 Å². The highest BCUT2D eigenvalue weighted by atomic mass is 16.5. The normalized spacial score (nSPS) is 12.5. The summed E-state index contributed by atoms with van der Waals surface area (Å²) in [6.07, 6.45) is 2.43. The molecule has 4 heterocycles. The van der Waals surface area contributed by atoms with E-state index in [0.717, 1.165) is 27.7 Å². The van der Waals surface area contributed by atoms with Crippen molar-refractivity contribution < 1.29 is 19.7 Å². The maximum absolute atomic E-state index is 13.1. The Morgan fingerprint density at radius 3 is 2.70 bits per heavy atom. The Morgan fingerprint density at radius 1 is 1.15 bits per heavy atom. The average molecular weight is 448 g/mol. The van der Waals surface area contributed by atoms with Crippen LogP contribution < -0.4 is 10.4 Å². The Morgan fingerprint density at radius 2 is 1.97 bits per heavy atom. The largest absolute Gasteiger partial charge is 0.493 e. The van der Waals surface area contributed by atoms with E-state index < -0.39 is 5.97 Å². The molecule has 0 bridgehead atoms. The Bertz CT molecular complexity index is 1410. The summed E-state index contributed by atoms with van der Waals surface area (Å²) in [5, 5.41) is 20.8. The predicted molar refractivity (Wildman–Crippen MR) is 121 cm³/mol. The Labute approximate surface area is 189 Å². The molecule has 1 aliphatic heterocycles. The molecular formula is C24H24N4O5. The summed E-state index contributed by atoms with van der Waals surface area (Å²) in [4.78, 5) is 28.2. The summed E-state index contributed by atoms with van der Waals surface area (Å²) in [5.41, 5.74) is 4.42. The fourth-order valence-corrected chi connectivity index (χ4v) is 4.67. The predicted octanol–water partition coefficient (Wildman–Crippen LogP) is 2.58. The second-order valence-electron chi connectivity index (χ2n) is 8.20. The maximum Gasteiger partial charge on any atom is 0.331 e. The fraction of sp³-hybridized carbons (Fsp3) is 0.292. The second kappa shape index (κ2) is 8.16. The van der Waals surface area contributed by atoms with E-state index in [9.17, 15) is 14.7 Å². The van der Waals surface area contributed by atoms with Gasteiger partial charge >= 0.3 is 11.7 Å². The van der Waals surface area contributed by atoms with E-state index in [0.29, 0.717) is 31.1 Å². The molecule has 1 aromatic carbocycles. The van der Waals surface area contributed by atoms with Gasteiger partial charge in [-0.15, -0.1) is 0 Å². The molecule has 0 atom stereocenters. The number of rotatable bonds is 7. The molecule has 0 amide bonds. The highest BCUT2D eigenvalue weighted by Gasteiger charge is 2.29. The molecule has 2 N–H and O–H groups in total. The van der Waals surface area contributed by atoms with Gasteiger partial charge in [-0.3, -0.25) is 13.9 Å². The first-order valence-corrected chi connectivity index (χ1v) is 10.8. The molecule has 0 radical (unpaired) electrons. The van der Waals surface area contributed by atoms with Crippen LogP contribution in [0.2, 0.25) is 0 Å². The summed E-state index contributed by atoms with van der Waals surface area (Å²) >= 11 is 0. The Hall–Kier alpha value is -4.01. The van der Waals surface area contributed by atoms with Gasteiger partial charge in [-0.05, 0) is 23.6 Å². The van der Waals surface area contributed by atoms with Crippen molar-refractivity contribution in [3.05, 3.63) is 75.6 Å². The van der Waals surface area contributed by atoms with Crippen molar-refractivity contribution in [2.75, 3.05) is 7.11 Å². The first-order valence-electron chi connectivity index (χ1n) is 10.8. The zero-order chi connectivity index (χ0) is 23.1. The van der Waals surface area contributed by atoms with Gasteiger partial charge in [0.05, 0.1) is 19.3 Å². The van der Waals surface area contributed by atoms with Crippen molar-refractivity contribution in [2.45, 2.75) is 38.9 Å². The highest BCUT2D eigenvalue weighted by Crippen LogP contribution is 2.35. The number of pyridine rings is 1. The van der Waals surface area contributed by atoms with Gasteiger partial charge in [0.25, 0.3) is 0 Å². The molecule has 9 heteroatoms. The van der Waals surface area contributed by atoms with Crippen LogP contribution in [0.1, 0.15) is 35.4 Å². The number of carboxylic acid groups (broad SMARTS) is 1. The number of nitrogens with zero attached hydrogens (tertiary/aromatic N) is 4. The third-order valence-electron chi connectivity index (χ3n) is 6.27. The molecule has 4 aromatic rings. The lowest BCUT2D eigenvalue weighted by Crippen LogP contribution is -2.29. The lowest BCUT2D eigenvalue weighted by Gasteiger charge is -2.18. The zero-order valence-corrected chi connectivity index (χ0v) is 18.2. The summed E-state index contributed by atoms with van der Waals surface area (Å²) in [7, 11) is 1.58. The van der Waals surface area contributed by atoms with Crippen molar-refractivity contribution in [1.29, 1.82) is 0 Å². The fourth-order valence-electron chi connectivity index (χ4n) is 4.67. The van der Waals surface area contributed by atoms with Crippen LogP contribution in [0.3, 0.4) is 0 Å². The smallest absolute Gasteiger partial charge is 0.331 e. The van der Waals surface area contributed by atoms with E-state index in [2.05, 4.69) is 21.7 Å². The zero-order valence-electron chi connectivity index (χ0n) is 18.2. The molecular weight excluding hydrogens is 424 g/mol. The molecule has 0 fully saturated rings. The number of hydrogen-bond acceptors (Lipinski definition) is 5. The van der Waals surface area contributed by atoms with Gasteiger partial charge in [-0.2, -0.15) is 0 Å². The monoisotopic (exact) mass is 448 g/mol. The quantitative estimate of drug-likeness (QED) is 0.396. The van der Waals surface area contributed by atoms with Crippen molar-refractivity contribution in [2.24, 2.45) is 0 Å². The lowest BCUT2D eigenvalue weighted by molar-refractivity contribution is -0.137. The van der Waals surface area contributed by atoms with Gasteiger partial charge in [0, 0.05) is 54.8 Å². The lowest BCUT2D eigenvalue weighted by atomic mass is 10.0. The third kappa shape index (κ3) is 3.55. The standard InChI is InChI=1S/C24H24N4O5/c1-33-21-9-8-15(12-25-21)13-27-18-6-3-2-5-16(18)17-11-19-23(31)26(10-4-7-22(29)30)24(32)28(19)14-20(17)27/h2-3,5-6,8-9,12,31H,4,7,10-11,13-14H2,1H3,(H,29,30). The van der Waals surface area contributed by atoms with Crippen LogP contribution in [-0.4, -0.2) is 42.0 Å². The van der Waals surface area contributed by atoms with Gasteiger partial charge in [0.15, 0.2) is 0 Å². The molecule has 0 aliphatic carbocycles. The average Bonchev–Trinajstić information content (AvgIpc) is 3.25. The Balaban J connectivity index is 1.55. The number of aromatic nitrogens is 4. The number of aliphatic carboxylic acids is 1. The second-order valence-corrected chi connectivity index (χ2v) is 8.20. The Kier molecular flexibility index (Phi) is 5.16. The van der Waals surface area contributed by atoms with Crippen molar-refractivity contribution >= 4 is 16.9 Å². The summed E-state index contributed by atoms with van der Waals surface area (Å²) in [6.45, 7) is 1.09. The van der Waals surface area contributed by atoms with Crippen LogP contribution in [-0.2, 0) is 30.8 Å². The van der Waals surface area contributed by atoms with Crippen LogP contribution in [0, 0.1) is 0 Å². The van der Waals surface area contributed by atoms with E-state index >= 15 is 0 Å². The van der Waals surface area contributed by atoms with Crippen LogP contribution >= 0.6 is 0 Å². The molecule has 5 rings (SSSR count). The molecule has 1 aliphatic rings. The number of para-hydroxylation sites is 1. The number of hydrogen-bond donors (Lipinski definition) is 2. The number of benzene rings is 1. The van der Waals surface area contributed by atoms with E-state index in [-0.39, 0.29) is 31.0 Å². The summed E-state index contributed by atoms with van der Waals surface area (Å²) < 4.78 is 10.2. The van der Waals surface area contributed by atoms with Crippen molar-refractivity contribution in [3.63, 3.8) is 0 Å². The number of carbonyl (C=O) groups is 1. The van der Waals surface area contributed by atoms with E-state index in [1.807, 2.05) is 24.3 Å². The molecule has 9 nitrogen and oxygen atoms in total. The van der Waals surface area contributed by atoms with Gasteiger partial charge in [-0.25, -0.2) is 9.78 Å². The van der Waals surface area contributed by atoms with Crippen molar-refractivity contribution in [1.82, 2.24) is 18.7 Å². The molecule has 0 saturated heterocycles. The maximum atomic E-state index is 13.1. The minimum atomic E-state index is -0.924. The van der Waals surface area contributed by atoms with Crippen LogP contribution in [0.15, 0.2) is 47.4 Å². The van der Waals surface area contributed by atoms with Gasteiger partial charge in [-0.1, -0.05) is 24.3 Å². The van der Waals surface area contributed by atoms with Crippen molar-refractivity contribution in [3.8, 4) is 11.8 Å². The van der Waals surface area contributed by atoms with E-state index in [4.69, 9.17) is 9.84 Å². The number of methoxy groups -OCH3 is 1. The minimum Gasteiger partial charge on any atom is -0.493 e. The number of fused-ring (bicyclic) bond motifs is 4. The molecule has 33 heavy (non-hydrogen) atoms. The summed E-state index contributed by atoms with van der Waals surface area (Å²) in [6, 6.07) is 11.9. The van der Waals surface area contributed by atoms with E-state index in [1.54, 1.807) is 17.9 Å². The number of aromatic hydroxyl groups is 1. The summed E-state index contributed by atoms with van der Waals surface area (Å²) in [5.74, 6) is -0.450. The molecule has 170 valence electrons. The molecule has 0 saturated carbocycles. The SMILES string of the molecule is COc1ccc(Cn2c3c(c4ccccc42)Cc2c(O)n(CCCC(=O)O)c(=O)n2C3)cn1. The first kappa shape index (κ1) is 20.9. The molecule has 0 spiro atoms. The minimum absolute atomic E-state index is 0.0573. The van der Waals surface area contributed by atoms with E-state index in [1.165, 1.54) is 4.57 Å². The third-order valence-corrected chi connectivity index (χ3v) is 6.27. The number of imidazole rings is 1.